The van der Waals surface area contributed by atoms with E-state index in [-0.39, 0.29) is 6.42 Å². The topological polar surface area (TPSA) is 48.9 Å². The number of nitrogens with zero attached hydrogens (tertiary/aromatic N) is 2. The molecule has 0 saturated carbocycles. The van der Waals surface area contributed by atoms with Gasteiger partial charge in [-0.05, 0) is 25.7 Å². The minimum Gasteiger partial charge on any atom is -0.550 e. The zero-order chi connectivity index (χ0) is 25.1. The van der Waals surface area contributed by atoms with Gasteiger partial charge >= 0.3 is 0 Å². The maximum absolute atomic E-state index is 10.2. The first-order valence-corrected chi connectivity index (χ1v) is 14.8. The number of unbranched alkanes of at least 4 members (excludes halogenated alkanes) is 19. The summed E-state index contributed by atoms with van der Waals surface area (Å²) in [7, 11) is 2.07. The first-order valence-electron chi connectivity index (χ1n) is 14.8. The third-order valence-corrected chi connectivity index (χ3v) is 6.58. The molecule has 4 nitrogen and oxygen atoms in total. The first-order chi connectivity index (χ1) is 16.6. The van der Waals surface area contributed by atoms with Gasteiger partial charge in [0.05, 0.1) is 13.6 Å². The highest BCUT2D eigenvalue weighted by molar-refractivity contribution is 5.63. The number of carbonyl (C=O) groups is 1. The van der Waals surface area contributed by atoms with Crippen molar-refractivity contribution in [1.29, 1.82) is 0 Å². The summed E-state index contributed by atoms with van der Waals surface area (Å²) in [5, 5.41) is 10.2. The van der Waals surface area contributed by atoms with Gasteiger partial charge in [-0.15, -0.1) is 0 Å². The van der Waals surface area contributed by atoms with Gasteiger partial charge in [0, 0.05) is 5.97 Å². The molecule has 0 atom stereocenters. The number of aryl methyl sites for hydroxylation is 2. The molecule has 4 heteroatoms. The number of rotatable bonds is 23. The summed E-state index contributed by atoms with van der Waals surface area (Å²) in [5.74, 6) is -0.905. The highest BCUT2D eigenvalue weighted by atomic mass is 16.4. The molecule has 1 aromatic rings. The van der Waals surface area contributed by atoms with Gasteiger partial charge in [-0.25, -0.2) is 9.13 Å². The van der Waals surface area contributed by atoms with Gasteiger partial charge in [-0.1, -0.05) is 129 Å². The number of aromatic nitrogens is 2. The zero-order valence-corrected chi connectivity index (χ0v) is 23.2. The molecule has 200 valence electrons. The molecule has 0 saturated heterocycles. The van der Waals surface area contributed by atoms with Crippen molar-refractivity contribution in [3.63, 3.8) is 0 Å². The van der Waals surface area contributed by atoms with Crippen LogP contribution in [0.5, 0.6) is 0 Å². The minimum atomic E-state index is -0.905. The van der Waals surface area contributed by atoms with Gasteiger partial charge in [-0.2, -0.15) is 0 Å². The lowest BCUT2D eigenvalue weighted by molar-refractivity contribution is -0.696. The molecular formula is C30H58N2O2. The van der Waals surface area contributed by atoms with Crippen LogP contribution in [0.2, 0.25) is 0 Å². The SMILES string of the molecule is CCCCCCCCCCCCCCCC(=O)[O-].CCCCCCCCCC[n+]1ccn(C)c1. The highest BCUT2D eigenvalue weighted by Crippen LogP contribution is 2.12. The molecule has 1 aromatic heterocycles. The van der Waals surface area contributed by atoms with Gasteiger partial charge in [0.25, 0.3) is 0 Å². The van der Waals surface area contributed by atoms with E-state index >= 15 is 0 Å². The van der Waals surface area contributed by atoms with Crippen LogP contribution < -0.4 is 9.67 Å². The van der Waals surface area contributed by atoms with Gasteiger partial charge < -0.3 is 9.90 Å². The van der Waals surface area contributed by atoms with E-state index in [1.165, 1.54) is 129 Å². The second-order valence-electron chi connectivity index (χ2n) is 10.2. The largest absolute Gasteiger partial charge is 0.550 e. The fourth-order valence-electron chi connectivity index (χ4n) is 4.35. The lowest BCUT2D eigenvalue weighted by atomic mass is 10.0. The predicted octanol–water partition coefficient (Wildman–Crippen LogP) is 7.67. The van der Waals surface area contributed by atoms with Crippen LogP contribution in [0.3, 0.4) is 0 Å². The molecule has 0 aliphatic heterocycles. The Morgan fingerprint density at radius 3 is 1.38 bits per heavy atom. The highest BCUT2D eigenvalue weighted by Gasteiger charge is 1.99. The normalized spacial score (nSPS) is 10.8. The molecule has 0 amide bonds. The molecule has 0 unspecified atom stereocenters. The molecule has 0 aromatic carbocycles. The lowest BCUT2D eigenvalue weighted by Gasteiger charge is -2.03. The Bertz CT molecular complexity index is 542. The summed E-state index contributed by atoms with van der Waals surface area (Å²) >= 11 is 0. The van der Waals surface area contributed by atoms with E-state index in [1.807, 2.05) is 0 Å². The van der Waals surface area contributed by atoms with E-state index in [0.29, 0.717) is 0 Å². The van der Waals surface area contributed by atoms with Crippen molar-refractivity contribution in [2.24, 2.45) is 7.05 Å². The number of imidazole rings is 1. The molecule has 1 heterocycles. The Morgan fingerprint density at radius 2 is 1.03 bits per heavy atom. The lowest BCUT2D eigenvalue weighted by Crippen LogP contribution is -2.30. The van der Waals surface area contributed by atoms with E-state index in [2.05, 4.69) is 48.8 Å². The molecule has 0 radical (unpaired) electrons. The minimum absolute atomic E-state index is 0.234. The molecule has 34 heavy (non-hydrogen) atoms. The van der Waals surface area contributed by atoms with Crippen LogP contribution >= 0.6 is 0 Å². The number of carbonyl (C=O) groups excluding carboxylic acids is 1. The fraction of sp³-hybridized carbons (Fsp3) is 0.867. The Labute approximate surface area is 212 Å². The van der Waals surface area contributed by atoms with Gasteiger partial charge in [0.1, 0.15) is 12.4 Å². The Kier molecular flexibility index (Phi) is 25.3. The van der Waals surface area contributed by atoms with E-state index < -0.39 is 5.97 Å². The molecule has 1 rings (SSSR count). The summed E-state index contributed by atoms with van der Waals surface area (Å²) < 4.78 is 4.38. The van der Waals surface area contributed by atoms with E-state index in [4.69, 9.17) is 0 Å². The molecule has 0 aliphatic carbocycles. The maximum Gasteiger partial charge on any atom is 0.243 e. The van der Waals surface area contributed by atoms with E-state index in [1.54, 1.807) is 0 Å². The average molecular weight is 479 g/mol. The van der Waals surface area contributed by atoms with Gasteiger partial charge in [0.15, 0.2) is 0 Å². The fourth-order valence-corrected chi connectivity index (χ4v) is 4.35. The van der Waals surface area contributed by atoms with Crippen LogP contribution in [0, 0.1) is 0 Å². The van der Waals surface area contributed by atoms with Crippen LogP contribution in [0.4, 0.5) is 0 Å². The summed E-state index contributed by atoms with van der Waals surface area (Å²) in [4.78, 5) is 10.2. The van der Waals surface area contributed by atoms with Crippen molar-refractivity contribution < 1.29 is 14.5 Å². The smallest absolute Gasteiger partial charge is 0.243 e. The van der Waals surface area contributed by atoms with Crippen molar-refractivity contribution in [2.45, 2.75) is 162 Å². The maximum atomic E-state index is 10.2. The summed E-state index contributed by atoms with van der Waals surface area (Å²) in [5.41, 5.74) is 0. The van der Waals surface area contributed by atoms with Crippen molar-refractivity contribution >= 4 is 5.97 Å². The number of hydrogen-bond acceptors (Lipinski definition) is 2. The van der Waals surface area contributed by atoms with Crippen molar-refractivity contribution in [1.82, 2.24) is 4.57 Å². The molecule has 0 bridgehead atoms. The molecule has 0 N–H and O–H groups in total. The molecular weight excluding hydrogens is 420 g/mol. The zero-order valence-electron chi connectivity index (χ0n) is 23.2. The number of carboxylic acid groups (broad SMARTS) is 1. The molecule has 0 spiro atoms. The number of aliphatic carboxylic acids is 1. The number of carboxylic acids is 1. The van der Waals surface area contributed by atoms with Crippen molar-refractivity contribution in [2.75, 3.05) is 0 Å². The van der Waals surface area contributed by atoms with Gasteiger partial charge in [0.2, 0.25) is 6.33 Å². The van der Waals surface area contributed by atoms with Crippen LogP contribution in [0.1, 0.15) is 155 Å². The number of hydrogen-bond donors (Lipinski definition) is 0. The van der Waals surface area contributed by atoms with E-state index in [9.17, 15) is 9.90 Å². The van der Waals surface area contributed by atoms with Crippen LogP contribution in [-0.4, -0.2) is 10.5 Å². The van der Waals surface area contributed by atoms with Crippen LogP contribution in [-0.2, 0) is 18.4 Å². The third-order valence-electron chi connectivity index (χ3n) is 6.58. The Hall–Kier alpha value is -1.32. The van der Waals surface area contributed by atoms with Crippen molar-refractivity contribution in [3.8, 4) is 0 Å². The standard InChI is InChI=1S/C16H32O2.C14H27N2/c1-2-3-4-5-6-7-8-9-10-11-12-13-14-15-16(17)18;1-3-4-5-6-7-8-9-10-11-16-13-12-15(2)14-16/h2-15H2,1H3,(H,17,18);12-14H,3-11H2,1-2H3/q;+1/p-1. The van der Waals surface area contributed by atoms with Gasteiger partial charge in [-0.3, -0.25) is 0 Å². The summed E-state index contributed by atoms with van der Waals surface area (Å²) in [6.07, 6.45) is 34.5. The summed E-state index contributed by atoms with van der Waals surface area (Å²) in [6.45, 7) is 5.71. The quantitative estimate of drug-likeness (QED) is 0.120. The average Bonchev–Trinajstić information content (AvgIpc) is 3.24. The summed E-state index contributed by atoms with van der Waals surface area (Å²) in [6, 6.07) is 0. The predicted molar refractivity (Wildman–Crippen MR) is 144 cm³/mol. The molecule has 0 fully saturated rings. The van der Waals surface area contributed by atoms with Crippen LogP contribution in [0.15, 0.2) is 18.7 Å². The van der Waals surface area contributed by atoms with Crippen molar-refractivity contribution in [3.05, 3.63) is 18.7 Å². The first kappa shape index (κ1) is 32.7. The van der Waals surface area contributed by atoms with E-state index in [0.717, 1.165) is 12.8 Å². The second-order valence-corrected chi connectivity index (χ2v) is 10.2. The monoisotopic (exact) mass is 478 g/mol. The third kappa shape index (κ3) is 25.3. The second kappa shape index (κ2) is 26.3. The molecule has 0 aliphatic rings. The van der Waals surface area contributed by atoms with Crippen LogP contribution in [0.25, 0.3) is 0 Å². The Balaban J connectivity index is 0.000000644. The Morgan fingerprint density at radius 1 is 0.647 bits per heavy atom.